The highest BCUT2D eigenvalue weighted by molar-refractivity contribution is 7.71. The number of para-hydroxylation sites is 1. The number of ether oxygens (including phenoxy) is 2. The maximum absolute atomic E-state index is 5.61. The van der Waals surface area contributed by atoms with Crippen LogP contribution in [0.5, 0.6) is 11.5 Å². The normalized spacial score (nSPS) is 10.9. The smallest absolute Gasteiger partial charge is 0.199 e. The van der Waals surface area contributed by atoms with Gasteiger partial charge in [0.2, 0.25) is 0 Å². The summed E-state index contributed by atoms with van der Waals surface area (Å²) in [7, 11) is 5.63. The molecule has 0 aliphatic carbocycles. The van der Waals surface area contributed by atoms with E-state index in [0.717, 1.165) is 29.4 Å². The Balaban J connectivity index is 1.73. The van der Waals surface area contributed by atoms with Crippen molar-refractivity contribution in [3.8, 4) is 22.9 Å². The van der Waals surface area contributed by atoms with Gasteiger partial charge < -0.3 is 14.0 Å². The van der Waals surface area contributed by atoms with Crippen molar-refractivity contribution in [1.82, 2.24) is 19.2 Å². The molecule has 1 aromatic heterocycles. The van der Waals surface area contributed by atoms with Gasteiger partial charge in [0, 0.05) is 13.6 Å². The van der Waals surface area contributed by atoms with Crippen molar-refractivity contribution in [3.05, 3.63) is 71.5 Å². The van der Waals surface area contributed by atoms with Crippen LogP contribution in [0.1, 0.15) is 5.56 Å². The van der Waals surface area contributed by atoms with Gasteiger partial charge in [-0.1, -0.05) is 36.9 Å². The Morgan fingerprint density at radius 3 is 2.59 bits per heavy atom. The molecule has 1 heterocycles. The predicted molar refractivity (Wildman–Crippen MR) is 118 cm³/mol. The van der Waals surface area contributed by atoms with E-state index in [1.54, 1.807) is 13.2 Å². The topological polar surface area (TPSA) is 44.4 Å². The van der Waals surface area contributed by atoms with Crippen LogP contribution < -0.4 is 9.47 Å². The number of benzene rings is 2. The van der Waals surface area contributed by atoms with Crippen LogP contribution in [-0.4, -0.2) is 40.0 Å². The first kappa shape index (κ1) is 20.8. The van der Waals surface area contributed by atoms with E-state index in [4.69, 9.17) is 26.8 Å². The van der Waals surface area contributed by atoms with Crippen molar-refractivity contribution in [2.45, 2.75) is 13.2 Å². The van der Waals surface area contributed by atoms with Crippen molar-refractivity contribution in [3.63, 3.8) is 0 Å². The largest absolute Gasteiger partial charge is 0.496 e. The van der Waals surface area contributed by atoms with Crippen LogP contribution in [0.25, 0.3) is 11.4 Å². The van der Waals surface area contributed by atoms with E-state index < -0.39 is 0 Å². The predicted octanol–water partition coefficient (Wildman–Crippen LogP) is 4.28. The molecular formula is C22H26N4O2S. The third-order valence-electron chi connectivity index (χ3n) is 4.51. The number of aromatic nitrogens is 3. The Hall–Kier alpha value is -2.90. The molecule has 0 unspecified atom stereocenters. The van der Waals surface area contributed by atoms with Gasteiger partial charge in [-0.05, 0) is 49.1 Å². The second-order valence-corrected chi connectivity index (χ2v) is 7.13. The molecule has 7 heteroatoms. The Morgan fingerprint density at radius 1 is 1.17 bits per heavy atom. The van der Waals surface area contributed by atoms with Gasteiger partial charge in [0.05, 0.1) is 19.3 Å². The van der Waals surface area contributed by atoms with Gasteiger partial charge in [-0.2, -0.15) is 5.10 Å². The molecule has 3 rings (SSSR count). The minimum atomic E-state index is 0.506. The van der Waals surface area contributed by atoms with Crippen molar-refractivity contribution in [2.24, 2.45) is 7.05 Å². The molecule has 0 amide bonds. The summed E-state index contributed by atoms with van der Waals surface area (Å²) in [4.78, 5) is 2.16. The van der Waals surface area contributed by atoms with Gasteiger partial charge in [0.15, 0.2) is 10.6 Å². The summed E-state index contributed by atoms with van der Waals surface area (Å²) in [5.41, 5.74) is 2.10. The summed E-state index contributed by atoms with van der Waals surface area (Å²) in [6, 6.07) is 15.9. The van der Waals surface area contributed by atoms with Gasteiger partial charge >= 0.3 is 0 Å². The van der Waals surface area contributed by atoms with Gasteiger partial charge in [-0.25, -0.2) is 4.68 Å². The Labute approximate surface area is 176 Å². The molecule has 2 aromatic carbocycles. The molecule has 0 radical (unpaired) electrons. The van der Waals surface area contributed by atoms with E-state index in [9.17, 15) is 0 Å². The number of hydrogen-bond donors (Lipinski definition) is 0. The van der Waals surface area contributed by atoms with Gasteiger partial charge in [0.25, 0.3) is 0 Å². The highest BCUT2D eigenvalue weighted by Crippen LogP contribution is 2.28. The summed E-state index contributed by atoms with van der Waals surface area (Å²) in [6.07, 6.45) is 1.73. The minimum Gasteiger partial charge on any atom is -0.496 e. The van der Waals surface area contributed by atoms with E-state index in [1.165, 1.54) is 5.56 Å². The van der Waals surface area contributed by atoms with E-state index in [1.807, 2.05) is 59.7 Å². The fourth-order valence-corrected chi connectivity index (χ4v) is 3.27. The van der Waals surface area contributed by atoms with Gasteiger partial charge in [-0.3, -0.25) is 4.90 Å². The number of methoxy groups -OCH3 is 1. The van der Waals surface area contributed by atoms with E-state index in [-0.39, 0.29) is 0 Å². The first-order valence-electron chi connectivity index (χ1n) is 9.32. The first-order chi connectivity index (χ1) is 14.0. The fourth-order valence-electron chi connectivity index (χ4n) is 3.08. The van der Waals surface area contributed by atoms with E-state index in [0.29, 0.717) is 18.0 Å². The zero-order chi connectivity index (χ0) is 20.8. The molecule has 0 saturated heterocycles. The third kappa shape index (κ3) is 4.93. The van der Waals surface area contributed by atoms with Crippen molar-refractivity contribution < 1.29 is 9.47 Å². The lowest BCUT2D eigenvalue weighted by Crippen LogP contribution is -2.22. The second kappa shape index (κ2) is 9.54. The SMILES string of the molecule is C=CCOc1ccc(CN(C)Cn2nc(-c3ccccc3OC)n(C)c2=S)cc1. The summed E-state index contributed by atoms with van der Waals surface area (Å²) in [5.74, 6) is 2.39. The summed E-state index contributed by atoms with van der Waals surface area (Å²) < 4.78 is 15.4. The van der Waals surface area contributed by atoms with Crippen LogP contribution in [-0.2, 0) is 20.3 Å². The molecule has 152 valence electrons. The Morgan fingerprint density at radius 2 is 1.90 bits per heavy atom. The lowest BCUT2D eigenvalue weighted by molar-refractivity contribution is 0.244. The van der Waals surface area contributed by atoms with Crippen LogP contribution in [0.2, 0.25) is 0 Å². The highest BCUT2D eigenvalue weighted by atomic mass is 32.1. The molecule has 29 heavy (non-hydrogen) atoms. The van der Waals surface area contributed by atoms with Crippen LogP contribution in [0.4, 0.5) is 0 Å². The molecule has 6 nitrogen and oxygen atoms in total. The zero-order valence-corrected chi connectivity index (χ0v) is 17.9. The molecule has 0 saturated carbocycles. The standard InChI is InChI=1S/C22H26N4O2S/c1-5-14-28-18-12-10-17(11-13-18)15-24(2)16-26-22(29)25(3)21(23-26)19-8-6-7-9-20(19)27-4/h5-13H,1,14-16H2,2-4H3. The molecule has 0 N–H and O–H groups in total. The quantitative estimate of drug-likeness (QED) is 0.389. The average Bonchev–Trinajstić information content (AvgIpc) is 3.01. The van der Waals surface area contributed by atoms with Crippen LogP contribution in [0, 0.1) is 4.77 Å². The third-order valence-corrected chi connectivity index (χ3v) is 4.99. The zero-order valence-electron chi connectivity index (χ0n) is 17.0. The molecule has 0 bridgehead atoms. The Kier molecular flexibility index (Phi) is 6.85. The molecule has 0 aliphatic rings. The molecule has 0 fully saturated rings. The summed E-state index contributed by atoms with van der Waals surface area (Å²) in [6.45, 7) is 5.51. The first-order valence-corrected chi connectivity index (χ1v) is 9.72. The minimum absolute atomic E-state index is 0.506. The Bertz CT molecular complexity index is 1020. The average molecular weight is 411 g/mol. The second-order valence-electron chi connectivity index (χ2n) is 6.76. The number of hydrogen-bond acceptors (Lipinski definition) is 5. The lowest BCUT2D eigenvalue weighted by Gasteiger charge is -2.16. The van der Waals surface area contributed by atoms with Gasteiger partial charge in [-0.15, -0.1) is 0 Å². The molecule has 3 aromatic rings. The lowest BCUT2D eigenvalue weighted by atomic mass is 10.2. The molecular weight excluding hydrogens is 384 g/mol. The maximum atomic E-state index is 5.61. The maximum Gasteiger partial charge on any atom is 0.199 e. The molecule has 0 atom stereocenters. The van der Waals surface area contributed by atoms with E-state index >= 15 is 0 Å². The summed E-state index contributed by atoms with van der Waals surface area (Å²) >= 11 is 5.61. The summed E-state index contributed by atoms with van der Waals surface area (Å²) in [5, 5.41) is 4.74. The van der Waals surface area contributed by atoms with E-state index in [2.05, 4.69) is 23.6 Å². The number of nitrogens with zero attached hydrogens (tertiary/aromatic N) is 4. The van der Waals surface area contributed by atoms with Gasteiger partial charge in [0.1, 0.15) is 18.1 Å². The monoisotopic (exact) mass is 410 g/mol. The van der Waals surface area contributed by atoms with Crippen LogP contribution in [0.3, 0.4) is 0 Å². The van der Waals surface area contributed by atoms with Crippen molar-refractivity contribution in [1.29, 1.82) is 0 Å². The molecule has 0 spiro atoms. The van der Waals surface area contributed by atoms with Crippen LogP contribution in [0.15, 0.2) is 61.2 Å². The number of rotatable bonds is 9. The van der Waals surface area contributed by atoms with Crippen molar-refractivity contribution in [2.75, 3.05) is 20.8 Å². The highest BCUT2D eigenvalue weighted by Gasteiger charge is 2.15. The fraction of sp³-hybridized carbons (Fsp3) is 0.273. The van der Waals surface area contributed by atoms with Crippen molar-refractivity contribution >= 4 is 12.2 Å². The van der Waals surface area contributed by atoms with Crippen LogP contribution >= 0.6 is 12.2 Å². The molecule has 0 aliphatic heterocycles.